The van der Waals surface area contributed by atoms with E-state index in [4.69, 9.17) is 5.73 Å². The molecule has 1 saturated heterocycles. The number of hydrogen-bond acceptors (Lipinski definition) is 4. The van der Waals surface area contributed by atoms with Gasteiger partial charge in [-0.2, -0.15) is 0 Å². The normalized spacial score (nSPS) is 16.2. The van der Waals surface area contributed by atoms with Crippen LogP contribution >= 0.6 is 0 Å². The van der Waals surface area contributed by atoms with Crippen molar-refractivity contribution in [3.05, 3.63) is 28.8 Å². The van der Waals surface area contributed by atoms with Gasteiger partial charge in [-0.05, 0) is 57.0 Å². The lowest BCUT2D eigenvalue weighted by Gasteiger charge is -2.30. The number of aryl methyl sites for hydroxylation is 1. The summed E-state index contributed by atoms with van der Waals surface area (Å²) in [5.41, 5.74) is 7.00. The van der Waals surface area contributed by atoms with E-state index in [1.165, 1.54) is 13.1 Å². The van der Waals surface area contributed by atoms with Gasteiger partial charge in [0, 0.05) is 24.6 Å². The Bertz CT molecular complexity index is 766. The summed E-state index contributed by atoms with van der Waals surface area (Å²) >= 11 is 0. The molecule has 0 aliphatic carbocycles. The van der Waals surface area contributed by atoms with Crippen LogP contribution in [0.3, 0.4) is 0 Å². The fraction of sp³-hybridized carbons (Fsp3) is 0.500. The van der Waals surface area contributed by atoms with Gasteiger partial charge in [-0.3, -0.25) is 9.59 Å². The molecular formula is C16H23N3O4S. The summed E-state index contributed by atoms with van der Waals surface area (Å²) in [5.74, 6) is -0.765. The van der Waals surface area contributed by atoms with Gasteiger partial charge >= 0.3 is 0 Å². The van der Waals surface area contributed by atoms with Crippen LogP contribution in [-0.2, 0) is 14.8 Å². The van der Waals surface area contributed by atoms with Crippen molar-refractivity contribution in [2.45, 2.75) is 31.6 Å². The van der Waals surface area contributed by atoms with Gasteiger partial charge < -0.3 is 10.6 Å². The summed E-state index contributed by atoms with van der Waals surface area (Å²) in [6.45, 7) is 4.37. The van der Waals surface area contributed by atoms with Crippen molar-refractivity contribution in [3.8, 4) is 0 Å². The lowest BCUT2D eigenvalue weighted by Crippen LogP contribution is -2.41. The molecule has 0 radical (unpaired) electrons. The number of nitrogens with two attached hydrogens (primary N) is 1. The van der Waals surface area contributed by atoms with Crippen LogP contribution in [0.5, 0.6) is 0 Å². The van der Waals surface area contributed by atoms with Gasteiger partial charge in [0.1, 0.15) is 0 Å². The van der Waals surface area contributed by atoms with E-state index in [0.717, 1.165) is 5.56 Å². The Morgan fingerprint density at radius 2 is 1.79 bits per heavy atom. The molecule has 3 N–H and O–H groups in total. The molecule has 0 spiro atoms. The molecule has 2 amide bonds. The van der Waals surface area contributed by atoms with Gasteiger partial charge in [0.05, 0.1) is 4.90 Å². The van der Waals surface area contributed by atoms with E-state index in [-0.39, 0.29) is 22.6 Å². The third-order valence-corrected chi connectivity index (χ3v) is 6.15. The molecule has 1 heterocycles. The fourth-order valence-corrected chi connectivity index (χ4v) is 3.96. The number of carbonyl (C=O) groups excluding carboxylic acids is 2. The number of benzene rings is 1. The highest BCUT2D eigenvalue weighted by Crippen LogP contribution is 2.24. The molecule has 7 nitrogen and oxygen atoms in total. The number of nitrogens with zero attached hydrogens (tertiary/aromatic N) is 1. The molecule has 1 fully saturated rings. The molecule has 24 heavy (non-hydrogen) atoms. The van der Waals surface area contributed by atoms with E-state index in [0.29, 0.717) is 37.1 Å². The van der Waals surface area contributed by atoms with Crippen molar-refractivity contribution < 1.29 is 18.0 Å². The Labute approximate surface area is 142 Å². The number of primary amides is 1. The molecule has 1 aromatic carbocycles. The Morgan fingerprint density at radius 3 is 2.29 bits per heavy atom. The second-order valence-corrected chi connectivity index (χ2v) is 7.95. The minimum atomic E-state index is -3.64. The molecule has 0 saturated carbocycles. The molecule has 8 heteroatoms. The Balaban J connectivity index is 2.30. The SMILES string of the molecule is CNS(=O)(=O)c1cc(C(=O)N2CCC(C(N)=O)CC2)cc(C)c1C. The largest absolute Gasteiger partial charge is 0.369 e. The van der Waals surface area contributed by atoms with Gasteiger partial charge in [-0.1, -0.05) is 0 Å². The molecule has 0 atom stereocenters. The van der Waals surface area contributed by atoms with Gasteiger partial charge in [0.15, 0.2) is 0 Å². The lowest BCUT2D eigenvalue weighted by molar-refractivity contribution is -0.123. The van der Waals surface area contributed by atoms with Gasteiger partial charge in [-0.15, -0.1) is 0 Å². The fourth-order valence-electron chi connectivity index (χ4n) is 2.89. The first-order valence-electron chi connectivity index (χ1n) is 7.80. The maximum Gasteiger partial charge on any atom is 0.253 e. The van der Waals surface area contributed by atoms with Crippen LogP contribution < -0.4 is 10.5 Å². The van der Waals surface area contributed by atoms with Crippen molar-refractivity contribution in [3.63, 3.8) is 0 Å². The van der Waals surface area contributed by atoms with Gasteiger partial charge in [0.2, 0.25) is 15.9 Å². The lowest BCUT2D eigenvalue weighted by atomic mass is 9.95. The van der Waals surface area contributed by atoms with Crippen molar-refractivity contribution >= 4 is 21.8 Å². The minimum Gasteiger partial charge on any atom is -0.369 e. The smallest absolute Gasteiger partial charge is 0.253 e. The highest BCUT2D eigenvalue weighted by atomic mass is 32.2. The predicted octanol–water partition coefficient (Wildman–Crippen LogP) is 0.549. The third-order valence-electron chi connectivity index (χ3n) is 4.61. The Morgan fingerprint density at radius 1 is 1.21 bits per heavy atom. The van der Waals surface area contributed by atoms with E-state index >= 15 is 0 Å². The van der Waals surface area contributed by atoms with Crippen LogP contribution in [0.2, 0.25) is 0 Å². The number of piperidine rings is 1. The molecule has 1 aliphatic rings. The molecule has 132 valence electrons. The van der Waals surface area contributed by atoms with Gasteiger partial charge in [0.25, 0.3) is 5.91 Å². The number of amides is 2. The number of hydrogen-bond donors (Lipinski definition) is 2. The van der Waals surface area contributed by atoms with E-state index in [1.807, 2.05) is 0 Å². The zero-order valence-electron chi connectivity index (χ0n) is 14.1. The average Bonchev–Trinajstić information content (AvgIpc) is 2.56. The number of carbonyl (C=O) groups is 2. The first-order valence-corrected chi connectivity index (χ1v) is 9.29. The zero-order valence-corrected chi connectivity index (χ0v) is 14.9. The van der Waals surface area contributed by atoms with Crippen LogP contribution in [0.4, 0.5) is 0 Å². The van der Waals surface area contributed by atoms with Crippen molar-refractivity contribution in [2.24, 2.45) is 11.7 Å². The second-order valence-electron chi connectivity index (χ2n) is 6.09. The standard InChI is InChI=1S/C16H23N3O4S/c1-10-8-13(9-14(11(10)2)24(22,23)18-3)16(21)19-6-4-12(5-7-19)15(17)20/h8-9,12,18H,4-7H2,1-3H3,(H2,17,20). The van der Waals surface area contributed by atoms with Crippen molar-refractivity contribution in [2.75, 3.05) is 20.1 Å². The number of rotatable bonds is 4. The third kappa shape index (κ3) is 3.59. The summed E-state index contributed by atoms with van der Waals surface area (Å²) in [4.78, 5) is 25.7. The highest BCUT2D eigenvalue weighted by molar-refractivity contribution is 7.89. The minimum absolute atomic E-state index is 0.111. The van der Waals surface area contributed by atoms with Crippen LogP contribution in [0.1, 0.15) is 34.3 Å². The number of nitrogens with one attached hydrogen (secondary N) is 1. The first-order chi connectivity index (χ1) is 11.2. The molecule has 0 bridgehead atoms. The Hall–Kier alpha value is -1.93. The van der Waals surface area contributed by atoms with E-state index in [9.17, 15) is 18.0 Å². The molecular weight excluding hydrogens is 330 g/mol. The average molecular weight is 353 g/mol. The maximum absolute atomic E-state index is 12.7. The highest BCUT2D eigenvalue weighted by Gasteiger charge is 2.27. The molecule has 0 unspecified atom stereocenters. The molecule has 1 aliphatic heterocycles. The summed E-state index contributed by atoms with van der Waals surface area (Å²) < 4.78 is 26.6. The summed E-state index contributed by atoms with van der Waals surface area (Å²) in [5, 5.41) is 0. The molecule has 2 rings (SSSR count). The summed E-state index contributed by atoms with van der Waals surface area (Å²) in [6, 6.07) is 3.11. The Kier molecular flexibility index (Phi) is 5.29. The van der Waals surface area contributed by atoms with Crippen LogP contribution in [0.15, 0.2) is 17.0 Å². The quantitative estimate of drug-likeness (QED) is 0.823. The monoisotopic (exact) mass is 353 g/mol. The number of sulfonamides is 1. The van der Waals surface area contributed by atoms with Crippen LogP contribution in [-0.4, -0.2) is 45.3 Å². The van der Waals surface area contributed by atoms with E-state index < -0.39 is 10.0 Å². The maximum atomic E-state index is 12.7. The molecule has 1 aromatic rings. The predicted molar refractivity (Wildman–Crippen MR) is 90.0 cm³/mol. The van der Waals surface area contributed by atoms with Crippen molar-refractivity contribution in [1.82, 2.24) is 9.62 Å². The summed E-state index contributed by atoms with van der Waals surface area (Å²) in [7, 11) is -2.30. The zero-order chi connectivity index (χ0) is 18.1. The summed E-state index contributed by atoms with van der Waals surface area (Å²) in [6.07, 6.45) is 1.07. The van der Waals surface area contributed by atoms with E-state index in [2.05, 4.69) is 4.72 Å². The van der Waals surface area contributed by atoms with E-state index in [1.54, 1.807) is 24.8 Å². The number of likely N-dealkylation sites (tertiary alicyclic amines) is 1. The topological polar surface area (TPSA) is 110 Å². The van der Waals surface area contributed by atoms with Crippen LogP contribution in [0, 0.1) is 19.8 Å². The van der Waals surface area contributed by atoms with Crippen molar-refractivity contribution in [1.29, 1.82) is 0 Å². The second kappa shape index (κ2) is 6.90. The molecule has 0 aromatic heterocycles. The van der Waals surface area contributed by atoms with Crippen LogP contribution in [0.25, 0.3) is 0 Å². The van der Waals surface area contributed by atoms with Gasteiger partial charge in [-0.25, -0.2) is 13.1 Å². The first kappa shape index (κ1) is 18.4.